The molecule has 5 nitrogen and oxygen atoms in total. The first-order chi connectivity index (χ1) is 14.1. The van der Waals surface area contributed by atoms with Gasteiger partial charge in [0.05, 0.1) is 23.2 Å². The second-order valence-electron chi connectivity index (χ2n) is 8.13. The largest absolute Gasteiger partial charge is 0.327 e. The van der Waals surface area contributed by atoms with E-state index in [0.29, 0.717) is 6.04 Å². The lowest BCUT2D eigenvalue weighted by Gasteiger charge is -2.17. The Morgan fingerprint density at radius 3 is 2.45 bits per heavy atom. The number of imidazole rings is 1. The van der Waals surface area contributed by atoms with Crippen LogP contribution in [0.4, 0.5) is 4.39 Å². The van der Waals surface area contributed by atoms with Crippen LogP contribution in [0.25, 0.3) is 33.5 Å². The highest BCUT2D eigenvalue weighted by Crippen LogP contribution is 2.39. The van der Waals surface area contributed by atoms with Gasteiger partial charge in [-0.2, -0.15) is 0 Å². The van der Waals surface area contributed by atoms with Crippen LogP contribution in [0.2, 0.25) is 0 Å². The molecule has 2 heterocycles. The van der Waals surface area contributed by atoms with Gasteiger partial charge in [0.1, 0.15) is 11.3 Å². The Labute approximate surface area is 169 Å². The molecule has 0 bridgehead atoms. The average Bonchev–Trinajstić information content (AvgIpc) is 3.46. The quantitative estimate of drug-likeness (QED) is 0.443. The maximum Gasteiger partial charge on any atom is 0.123 e. The van der Waals surface area contributed by atoms with E-state index in [1.165, 1.54) is 37.8 Å². The van der Waals surface area contributed by atoms with Crippen LogP contribution in [-0.2, 0) is 0 Å². The molecule has 2 aromatic heterocycles. The molecule has 0 unspecified atom stereocenters. The Balaban J connectivity index is 1.71. The number of hydrogen-bond acceptors (Lipinski definition) is 3. The van der Waals surface area contributed by atoms with Gasteiger partial charge >= 0.3 is 0 Å². The molecule has 2 aromatic carbocycles. The molecule has 6 heteroatoms. The van der Waals surface area contributed by atoms with Crippen molar-refractivity contribution in [2.24, 2.45) is 0 Å². The van der Waals surface area contributed by atoms with Gasteiger partial charge in [0.25, 0.3) is 0 Å². The number of hydrogen-bond donors (Lipinski definition) is 0. The molecular weight excluding hydrogens is 365 g/mol. The van der Waals surface area contributed by atoms with Crippen molar-refractivity contribution in [3.63, 3.8) is 0 Å². The fraction of sp³-hybridized carbons (Fsp3) is 0.348. The normalized spacial score (nSPS) is 15.0. The Morgan fingerprint density at radius 2 is 1.72 bits per heavy atom. The van der Waals surface area contributed by atoms with Crippen LogP contribution >= 0.6 is 0 Å². The zero-order valence-corrected chi connectivity index (χ0v) is 16.7. The second-order valence-corrected chi connectivity index (χ2v) is 8.13. The van der Waals surface area contributed by atoms with Crippen molar-refractivity contribution in [3.8, 4) is 22.5 Å². The summed E-state index contributed by atoms with van der Waals surface area (Å²) < 4.78 is 17.8. The van der Waals surface area contributed by atoms with Crippen molar-refractivity contribution in [1.29, 1.82) is 0 Å². The SMILES string of the molecule is CC(C)n1nnc2ccc(-c3c(-c4ccc(F)cc4)ncn3C3CCCC3)cc21. The molecule has 1 fully saturated rings. The minimum atomic E-state index is -0.237. The van der Waals surface area contributed by atoms with Gasteiger partial charge in [-0.05, 0) is 63.1 Å². The Bertz CT molecular complexity index is 1150. The van der Waals surface area contributed by atoms with E-state index in [2.05, 4.69) is 40.9 Å². The van der Waals surface area contributed by atoms with E-state index in [0.717, 1.165) is 33.5 Å². The van der Waals surface area contributed by atoms with Gasteiger partial charge in [0.2, 0.25) is 0 Å². The average molecular weight is 389 g/mol. The van der Waals surface area contributed by atoms with Crippen LogP contribution in [-0.4, -0.2) is 24.5 Å². The van der Waals surface area contributed by atoms with Crippen molar-refractivity contribution >= 4 is 11.0 Å². The lowest BCUT2D eigenvalue weighted by atomic mass is 10.0. The summed E-state index contributed by atoms with van der Waals surface area (Å²) in [7, 11) is 0. The summed E-state index contributed by atoms with van der Waals surface area (Å²) in [4.78, 5) is 4.76. The highest BCUT2D eigenvalue weighted by Gasteiger charge is 2.24. The van der Waals surface area contributed by atoms with Crippen LogP contribution in [0.3, 0.4) is 0 Å². The fourth-order valence-corrected chi connectivity index (χ4v) is 4.39. The van der Waals surface area contributed by atoms with Crippen LogP contribution < -0.4 is 0 Å². The minimum absolute atomic E-state index is 0.228. The van der Waals surface area contributed by atoms with Crippen molar-refractivity contribution in [2.75, 3.05) is 0 Å². The Kier molecular flexibility index (Phi) is 4.42. The second kappa shape index (κ2) is 7.10. The maximum atomic E-state index is 13.5. The number of rotatable bonds is 4. The van der Waals surface area contributed by atoms with Crippen LogP contribution in [0, 0.1) is 5.82 Å². The number of aromatic nitrogens is 5. The van der Waals surface area contributed by atoms with Crippen molar-refractivity contribution in [2.45, 2.75) is 51.6 Å². The number of halogens is 1. The number of fused-ring (bicyclic) bond motifs is 1. The number of benzene rings is 2. The number of nitrogens with zero attached hydrogens (tertiary/aromatic N) is 5. The summed E-state index contributed by atoms with van der Waals surface area (Å²) in [5.41, 5.74) is 5.89. The predicted octanol–water partition coefficient (Wildman–Crippen LogP) is 5.80. The maximum absolute atomic E-state index is 13.5. The monoisotopic (exact) mass is 389 g/mol. The Hall–Kier alpha value is -3.02. The smallest absolute Gasteiger partial charge is 0.123 e. The van der Waals surface area contributed by atoms with Crippen LogP contribution in [0.15, 0.2) is 48.8 Å². The van der Waals surface area contributed by atoms with Crippen molar-refractivity contribution < 1.29 is 4.39 Å². The van der Waals surface area contributed by atoms with Gasteiger partial charge in [-0.15, -0.1) is 5.10 Å². The van der Waals surface area contributed by atoms with Crippen molar-refractivity contribution in [3.05, 3.63) is 54.6 Å². The predicted molar refractivity (Wildman–Crippen MR) is 112 cm³/mol. The van der Waals surface area contributed by atoms with E-state index in [-0.39, 0.29) is 11.9 Å². The van der Waals surface area contributed by atoms with Gasteiger partial charge in [0, 0.05) is 23.2 Å². The van der Waals surface area contributed by atoms with Crippen molar-refractivity contribution in [1.82, 2.24) is 24.5 Å². The lowest BCUT2D eigenvalue weighted by Crippen LogP contribution is -2.06. The first-order valence-corrected chi connectivity index (χ1v) is 10.3. The molecule has 0 saturated heterocycles. The van der Waals surface area contributed by atoms with Gasteiger partial charge in [-0.25, -0.2) is 14.1 Å². The molecule has 0 spiro atoms. The molecule has 148 valence electrons. The summed E-state index contributed by atoms with van der Waals surface area (Å²) in [6.07, 6.45) is 6.78. The third-order valence-corrected chi connectivity index (χ3v) is 5.86. The van der Waals surface area contributed by atoms with Gasteiger partial charge in [-0.3, -0.25) is 0 Å². The topological polar surface area (TPSA) is 48.5 Å². The van der Waals surface area contributed by atoms with E-state index in [9.17, 15) is 4.39 Å². The molecule has 0 aliphatic heterocycles. The molecule has 1 aliphatic rings. The van der Waals surface area contributed by atoms with E-state index < -0.39 is 0 Å². The first kappa shape index (κ1) is 18.0. The highest BCUT2D eigenvalue weighted by atomic mass is 19.1. The minimum Gasteiger partial charge on any atom is -0.327 e. The molecule has 0 atom stereocenters. The van der Waals surface area contributed by atoms with Crippen LogP contribution in [0.1, 0.15) is 51.6 Å². The molecule has 0 radical (unpaired) electrons. The highest BCUT2D eigenvalue weighted by molar-refractivity contribution is 5.85. The summed E-state index contributed by atoms with van der Waals surface area (Å²) in [6, 6.07) is 13.6. The zero-order valence-electron chi connectivity index (χ0n) is 16.7. The molecule has 0 amide bonds. The standard InChI is InChI=1S/C23H24FN5/c1-15(2)29-21-13-17(9-12-20(21)26-27-29)23-22(16-7-10-18(24)11-8-16)25-14-28(23)19-5-3-4-6-19/h7-15,19H,3-6H2,1-2H3. The molecule has 1 aliphatic carbocycles. The van der Waals surface area contributed by atoms with E-state index >= 15 is 0 Å². The molecule has 1 saturated carbocycles. The van der Waals surface area contributed by atoms with Gasteiger partial charge in [0.15, 0.2) is 0 Å². The summed E-state index contributed by atoms with van der Waals surface area (Å²) in [5, 5.41) is 8.61. The molecular formula is C23H24FN5. The third-order valence-electron chi connectivity index (χ3n) is 5.86. The lowest BCUT2D eigenvalue weighted by molar-refractivity contribution is 0.522. The summed E-state index contributed by atoms with van der Waals surface area (Å²) in [6.45, 7) is 4.21. The summed E-state index contributed by atoms with van der Waals surface area (Å²) in [5.74, 6) is -0.237. The van der Waals surface area contributed by atoms with Gasteiger partial charge in [-0.1, -0.05) is 24.1 Å². The Morgan fingerprint density at radius 1 is 1.00 bits per heavy atom. The van der Waals surface area contributed by atoms with E-state index in [1.54, 1.807) is 12.1 Å². The van der Waals surface area contributed by atoms with Crippen LogP contribution in [0.5, 0.6) is 0 Å². The first-order valence-electron chi connectivity index (χ1n) is 10.3. The van der Waals surface area contributed by atoms with E-state index in [1.807, 2.05) is 17.1 Å². The molecule has 29 heavy (non-hydrogen) atoms. The molecule has 4 aromatic rings. The zero-order chi connectivity index (χ0) is 20.0. The molecule has 5 rings (SSSR count). The molecule has 0 N–H and O–H groups in total. The third kappa shape index (κ3) is 3.12. The van der Waals surface area contributed by atoms with Gasteiger partial charge < -0.3 is 4.57 Å². The van der Waals surface area contributed by atoms with E-state index in [4.69, 9.17) is 4.98 Å². The fourth-order valence-electron chi connectivity index (χ4n) is 4.39. The summed E-state index contributed by atoms with van der Waals surface area (Å²) >= 11 is 0.